The number of anilines is 1. The van der Waals surface area contributed by atoms with Crippen LogP contribution in [0.5, 0.6) is 0 Å². The Hall–Kier alpha value is -2.64. The van der Waals surface area contributed by atoms with Gasteiger partial charge in [0.25, 0.3) is 5.69 Å². The van der Waals surface area contributed by atoms with E-state index in [9.17, 15) is 14.9 Å². The quantitative estimate of drug-likeness (QED) is 0.322. The van der Waals surface area contributed by atoms with Crippen molar-refractivity contribution < 1.29 is 9.72 Å². The number of nitrogens with one attached hydrogen (secondary N) is 2. The van der Waals surface area contributed by atoms with E-state index in [1.807, 2.05) is 0 Å². The number of guanidine groups is 1. The maximum absolute atomic E-state index is 11.6. The number of hydrogen-bond donors (Lipinski definition) is 3. The van der Waals surface area contributed by atoms with E-state index in [-0.39, 0.29) is 17.3 Å². The number of carbonyl (C=O) groups is 1. The predicted molar refractivity (Wildman–Crippen MR) is 72.3 cm³/mol. The molecule has 0 fully saturated rings. The number of hydrogen-bond acceptors (Lipinski definition) is 4. The average Bonchev–Trinajstić information content (AvgIpc) is 2.31. The first-order chi connectivity index (χ1) is 8.85. The van der Waals surface area contributed by atoms with Crippen LogP contribution in [-0.2, 0) is 0 Å². The molecule has 0 heterocycles. The first-order valence-electron chi connectivity index (χ1n) is 5.41. The highest BCUT2D eigenvalue weighted by atomic mass is 16.6. The van der Waals surface area contributed by atoms with Crippen LogP contribution in [0.3, 0.4) is 0 Å². The molecule has 0 aromatic heterocycles. The van der Waals surface area contributed by atoms with Crippen molar-refractivity contribution in [3.63, 3.8) is 0 Å². The van der Waals surface area contributed by atoms with Crippen LogP contribution < -0.4 is 16.4 Å². The molecule has 1 aromatic rings. The summed E-state index contributed by atoms with van der Waals surface area (Å²) in [5.74, 6) is -0.0788. The Balaban J connectivity index is 3.07. The fourth-order valence-corrected chi connectivity index (χ4v) is 1.57. The van der Waals surface area contributed by atoms with E-state index in [4.69, 9.17) is 5.73 Å². The van der Waals surface area contributed by atoms with Gasteiger partial charge in [0.05, 0.1) is 4.92 Å². The van der Waals surface area contributed by atoms with Gasteiger partial charge in [-0.1, -0.05) is 6.07 Å². The zero-order valence-electron chi connectivity index (χ0n) is 10.9. The SMILES string of the molecule is CN=C(N)NC(=O)Nc1c(C)cc(C)cc1[N+](=O)[O-]. The highest BCUT2D eigenvalue weighted by Crippen LogP contribution is 2.29. The zero-order chi connectivity index (χ0) is 14.6. The van der Waals surface area contributed by atoms with Crippen LogP contribution >= 0.6 is 0 Å². The van der Waals surface area contributed by atoms with Gasteiger partial charge in [-0.15, -0.1) is 0 Å². The summed E-state index contributed by atoms with van der Waals surface area (Å²) in [7, 11) is 1.41. The van der Waals surface area contributed by atoms with E-state index < -0.39 is 11.0 Å². The average molecular weight is 265 g/mol. The molecule has 0 spiro atoms. The van der Waals surface area contributed by atoms with Crippen molar-refractivity contribution in [2.45, 2.75) is 13.8 Å². The van der Waals surface area contributed by atoms with Crippen LogP contribution in [0.15, 0.2) is 17.1 Å². The highest BCUT2D eigenvalue weighted by molar-refractivity contribution is 6.03. The normalized spacial score (nSPS) is 11.0. The first-order valence-corrected chi connectivity index (χ1v) is 5.41. The molecular weight excluding hydrogens is 250 g/mol. The van der Waals surface area contributed by atoms with E-state index in [0.717, 1.165) is 5.56 Å². The Labute approximate surface area is 109 Å². The Morgan fingerprint density at radius 3 is 2.58 bits per heavy atom. The number of benzene rings is 1. The van der Waals surface area contributed by atoms with E-state index >= 15 is 0 Å². The topological polar surface area (TPSA) is 123 Å². The summed E-state index contributed by atoms with van der Waals surface area (Å²) in [6.07, 6.45) is 0. The summed E-state index contributed by atoms with van der Waals surface area (Å²) < 4.78 is 0. The third-order valence-electron chi connectivity index (χ3n) is 2.38. The van der Waals surface area contributed by atoms with Gasteiger partial charge in [-0.05, 0) is 25.0 Å². The van der Waals surface area contributed by atoms with Gasteiger partial charge in [0.15, 0.2) is 5.96 Å². The smallest absolute Gasteiger partial charge is 0.326 e. The Morgan fingerprint density at radius 2 is 2.05 bits per heavy atom. The maximum atomic E-state index is 11.6. The van der Waals surface area contributed by atoms with E-state index in [2.05, 4.69) is 15.6 Å². The molecule has 2 amide bonds. The second-order valence-electron chi connectivity index (χ2n) is 3.92. The first kappa shape index (κ1) is 14.4. The maximum Gasteiger partial charge on any atom is 0.326 e. The van der Waals surface area contributed by atoms with Crippen molar-refractivity contribution in [1.82, 2.24) is 5.32 Å². The minimum absolute atomic E-state index is 0.0788. The van der Waals surface area contributed by atoms with Crippen LogP contribution in [0.2, 0.25) is 0 Å². The van der Waals surface area contributed by atoms with E-state index in [0.29, 0.717) is 5.56 Å². The second-order valence-corrected chi connectivity index (χ2v) is 3.92. The third-order valence-corrected chi connectivity index (χ3v) is 2.38. The minimum Gasteiger partial charge on any atom is -0.370 e. The van der Waals surface area contributed by atoms with Crippen molar-refractivity contribution in [3.8, 4) is 0 Å². The summed E-state index contributed by atoms with van der Waals surface area (Å²) in [6.45, 7) is 3.42. The van der Waals surface area contributed by atoms with Crippen molar-refractivity contribution in [1.29, 1.82) is 0 Å². The van der Waals surface area contributed by atoms with Gasteiger partial charge >= 0.3 is 6.03 Å². The number of amides is 2. The summed E-state index contributed by atoms with van der Waals surface area (Å²) >= 11 is 0. The molecule has 0 aliphatic heterocycles. The predicted octanol–water partition coefficient (Wildman–Crippen LogP) is 1.28. The molecule has 0 aliphatic carbocycles. The number of carbonyl (C=O) groups excluding carboxylic acids is 1. The van der Waals surface area contributed by atoms with E-state index in [1.54, 1.807) is 19.9 Å². The Bertz CT molecular complexity index is 554. The number of nitro groups is 1. The van der Waals surface area contributed by atoms with Crippen LogP contribution in [0, 0.1) is 24.0 Å². The van der Waals surface area contributed by atoms with Gasteiger partial charge in [-0.2, -0.15) is 0 Å². The lowest BCUT2D eigenvalue weighted by Gasteiger charge is -2.10. The Morgan fingerprint density at radius 1 is 1.42 bits per heavy atom. The molecule has 1 aromatic carbocycles. The molecule has 0 unspecified atom stereocenters. The molecule has 0 saturated heterocycles. The molecule has 0 atom stereocenters. The Kier molecular flexibility index (Phi) is 4.41. The molecule has 0 bridgehead atoms. The molecule has 4 N–H and O–H groups in total. The van der Waals surface area contributed by atoms with Crippen molar-refractivity contribution >= 4 is 23.4 Å². The third kappa shape index (κ3) is 3.66. The number of rotatable bonds is 2. The summed E-state index contributed by atoms with van der Waals surface area (Å²) in [4.78, 5) is 25.6. The summed E-state index contributed by atoms with van der Waals surface area (Å²) in [5.41, 5.74) is 6.63. The van der Waals surface area contributed by atoms with Crippen molar-refractivity contribution in [2.75, 3.05) is 12.4 Å². The zero-order valence-corrected chi connectivity index (χ0v) is 10.9. The summed E-state index contributed by atoms with van der Waals surface area (Å²) in [6, 6.07) is 2.44. The van der Waals surface area contributed by atoms with Gasteiger partial charge in [0.2, 0.25) is 0 Å². The van der Waals surface area contributed by atoms with Crippen LogP contribution in [-0.4, -0.2) is 24.0 Å². The fourth-order valence-electron chi connectivity index (χ4n) is 1.57. The molecule has 102 valence electrons. The van der Waals surface area contributed by atoms with Gasteiger partial charge in [-0.25, -0.2) is 4.79 Å². The van der Waals surface area contributed by atoms with Gasteiger partial charge < -0.3 is 11.1 Å². The lowest BCUT2D eigenvalue weighted by molar-refractivity contribution is -0.384. The van der Waals surface area contributed by atoms with Crippen LogP contribution in [0.25, 0.3) is 0 Å². The molecule has 0 radical (unpaired) electrons. The number of aliphatic imine (C=N–C) groups is 1. The molecule has 0 aliphatic rings. The number of nitrogens with zero attached hydrogens (tertiary/aromatic N) is 2. The molecule has 8 nitrogen and oxygen atoms in total. The lowest BCUT2D eigenvalue weighted by atomic mass is 10.1. The fraction of sp³-hybridized carbons (Fsp3) is 0.273. The molecule has 19 heavy (non-hydrogen) atoms. The van der Waals surface area contributed by atoms with Gasteiger partial charge in [-0.3, -0.25) is 20.4 Å². The molecular formula is C11H15N5O3. The number of urea groups is 1. The van der Waals surface area contributed by atoms with Crippen molar-refractivity contribution in [3.05, 3.63) is 33.4 Å². The van der Waals surface area contributed by atoms with Crippen molar-refractivity contribution in [2.24, 2.45) is 10.7 Å². The van der Waals surface area contributed by atoms with Crippen LogP contribution in [0.1, 0.15) is 11.1 Å². The van der Waals surface area contributed by atoms with E-state index in [1.165, 1.54) is 13.1 Å². The minimum atomic E-state index is -0.682. The second kappa shape index (κ2) is 5.80. The monoisotopic (exact) mass is 265 g/mol. The largest absolute Gasteiger partial charge is 0.370 e. The number of nitrogens with two attached hydrogens (primary N) is 1. The van der Waals surface area contributed by atoms with Crippen LogP contribution in [0.4, 0.5) is 16.2 Å². The van der Waals surface area contributed by atoms with Gasteiger partial charge in [0.1, 0.15) is 5.69 Å². The standard InChI is InChI=1S/C11H15N5O3/c1-6-4-7(2)9(8(5-6)16(18)19)14-11(17)15-10(12)13-3/h4-5H,1-3H3,(H4,12,13,14,15,17). The lowest BCUT2D eigenvalue weighted by Crippen LogP contribution is -2.39. The molecule has 0 saturated carbocycles. The molecule has 1 rings (SSSR count). The number of nitro benzene ring substituents is 1. The number of aryl methyl sites for hydroxylation is 2. The summed E-state index contributed by atoms with van der Waals surface area (Å²) in [5, 5.41) is 15.6. The highest BCUT2D eigenvalue weighted by Gasteiger charge is 2.19. The van der Waals surface area contributed by atoms with Gasteiger partial charge in [0, 0.05) is 13.1 Å². The molecule has 8 heteroatoms.